The molecule has 2 nitrogen and oxygen atoms in total. The Morgan fingerprint density at radius 3 is 2.36 bits per heavy atom. The number of carbonyl (C=O) groups is 1. The van der Waals surface area contributed by atoms with Crippen LogP contribution in [-0.4, -0.2) is 18.5 Å². The number of hydrogen-bond donors (Lipinski definition) is 0. The molecule has 0 aromatic heterocycles. The maximum absolute atomic E-state index is 10.4. The zero-order valence-corrected chi connectivity index (χ0v) is 7.89. The predicted molar refractivity (Wildman–Crippen MR) is 45.6 cm³/mol. The van der Waals surface area contributed by atoms with Crippen molar-refractivity contribution in [2.45, 2.75) is 39.7 Å². The molecule has 0 N–H and O–H groups in total. The Morgan fingerprint density at radius 1 is 1.45 bits per heavy atom. The number of aldehydes is 1. The first-order valence-electron chi connectivity index (χ1n) is 4.08. The zero-order chi connectivity index (χ0) is 8.91. The highest BCUT2D eigenvalue weighted by molar-refractivity contribution is 5.60. The van der Waals surface area contributed by atoms with E-state index in [0.717, 1.165) is 12.7 Å². The van der Waals surface area contributed by atoms with Gasteiger partial charge in [0.05, 0.1) is 0 Å². The molecule has 0 unspecified atom stereocenters. The van der Waals surface area contributed by atoms with E-state index < -0.39 is 5.60 Å². The summed E-state index contributed by atoms with van der Waals surface area (Å²) in [6, 6.07) is 0. The standard InChI is InChI=1S/C9H18O2/c1-8(2)5-6-11-9(3,4)7-10/h7-8H,5-6H2,1-4H3. The van der Waals surface area contributed by atoms with Gasteiger partial charge in [0.15, 0.2) is 6.29 Å². The van der Waals surface area contributed by atoms with Crippen LogP contribution in [0.4, 0.5) is 0 Å². The Hall–Kier alpha value is -0.370. The predicted octanol–water partition coefficient (Wildman–Crippen LogP) is 2.03. The summed E-state index contributed by atoms with van der Waals surface area (Å²) in [7, 11) is 0. The summed E-state index contributed by atoms with van der Waals surface area (Å²) in [6.07, 6.45) is 1.85. The minimum atomic E-state index is -0.602. The average Bonchev–Trinajstić information content (AvgIpc) is 1.87. The average molecular weight is 158 g/mol. The molecule has 2 heteroatoms. The summed E-state index contributed by atoms with van der Waals surface area (Å²) in [4.78, 5) is 10.4. The van der Waals surface area contributed by atoms with E-state index in [0.29, 0.717) is 12.5 Å². The van der Waals surface area contributed by atoms with Crippen molar-refractivity contribution in [2.24, 2.45) is 5.92 Å². The molecule has 0 saturated heterocycles. The molecule has 66 valence electrons. The molecule has 0 atom stereocenters. The Labute approximate surface area is 68.9 Å². The Kier molecular flexibility index (Phi) is 4.34. The van der Waals surface area contributed by atoms with Gasteiger partial charge < -0.3 is 9.53 Å². The number of rotatable bonds is 5. The van der Waals surface area contributed by atoms with Gasteiger partial charge in [0.2, 0.25) is 0 Å². The Bertz CT molecular complexity index is 117. The molecule has 0 amide bonds. The molecule has 0 aromatic rings. The fraction of sp³-hybridized carbons (Fsp3) is 0.889. The van der Waals surface area contributed by atoms with E-state index in [2.05, 4.69) is 13.8 Å². The van der Waals surface area contributed by atoms with Gasteiger partial charge in [0, 0.05) is 6.61 Å². The molecule has 0 spiro atoms. The smallest absolute Gasteiger partial charge is 0.151 e. The molecule has 0 aliphatic heterocycles. The second-order valence-electron chi connectivity index (χ2n) is 3.75. The van der Waals surface area contributed by atoms with E-state index in [1.807, 2.05) is 0 Å². The fourth-order valence-electron chi connectivity index (χ4n) is 0.592. The number of ether oxygens (including phenoxy) is 1. The first-order chi connectivity index (χ1) is 4.98. The van der Waals surface area contributed by atoms with Crippen LogP contribution in [0.1, 0.15) is 34.1 Å². The van der Waals surface area contributed by atoms with Crippen molar-refractivity contribution >= 4 is 6.29 Å². The van der Waals surface area contributed by atoms with Crippen LogP contribution in [0.25, 0.3) is 0 Å². The highest BCUT2D eigenvalue weighted by Gasteiger charge is 2.15. The topological polar surface area (TPSA) is 26.3 Å². The van der Waals surface area contributed by atoms with Crippen molar-refractivity contribution in [3.05, 3.63) is 0 Å². The lowest BCUT2D eigenvalue weighted by atomic mass is 10.1. The molecule has 0 aromatic carbocycles. The Morgan fingerprint density at radius 2 is 2.00 bits per heavy atom. The molecule has 0 saturated carbocycles. The SMILES string of the molecule is CC(C)CCOC(C)(C)C=O. The second-order valence-corrected chi connectivity index (χ2v) is 3.75. The van der Waals surface area contributed by atoms with Crippen LogP contribution in [0, 0.1) is 5.92 Å². The maximum atomic E-state index is 10.4. The quantitative estimate of drug-likeness (QED) is 0.572. The van der Waals surface area contributed by atoms with Crippen molar-refractivity contribution < 1.29 is 9.53 Å². The highest BCUT2D eigenvalue weighted by Crippen LogP contribution is 2.07. The summed E-state index contributed by atoms with van der Waals surface area (Å²) >= 11 is 0. The van der Waals surface area contributed by atoms with Gasteiger partial charge in [-0.05, 0) is 26.2 Å². The van der Waals surface area contributed by atoms with E-state index in [1.54, 1.807) is 13.8 Å². The maximum Gasteiger partial charge on any atom is 0.151 e. The highest BCUT2D eigenvalue weighted by atomic mass is 16.5. The van der Waals surface area contributed by atoms with Crippen LogP contribution in [0.2, 0.25) is 0 Å². The number of hydrogen-bond acceptors (Lipinski definition) is 2. The number of carbonyl (C=O) groups excluding carboxylic acids is 1. The lowest BCUT2D eigenvalue weighted by Gasteiger charge is -2.18. The third-order valence-electron chi connectivity index (χ3n) is 1.45. The minimum absolute atomic E-state index is 0.602. The summed E-state index contributed by atoms with van der Waals surface area (Å²) < 4.78 is 5.32. The van der Waals surface area contributed by atoms with Crippen LogP contribution in [0.5, 0.6) is 0 Å². The second kappa shape index (κ2) is 4.50. The molecule has 0 fully saturated rings. The van der Waals surface area contributed by atoms with E-state index >= 15 is 0 Å². The van der Waals surface area contributed by atoms with Gasteiger partial charge in [0.1, 0.15) is 5.60 Å². The molecule has 0 aliphatic rings. The van der Waals surface area contributed by atoms with Gasteiger partial charge >= 0.3 is 0 Å². The summed E-state index contributed by atoms with van der Waals surface area (Å²) in [5.74, 6) is 0.637. The van der Waals surface area contributed by atoms with Crippen LogP contribution in [-0.2, 0) is 9.53 Å². The summed E-state index contributed by atoms with van der Waals surface area (Å²) in [5, 5.41) is 0. The minimum Gasteiger partial charge on any atom is -0.368 e. The first-order valence-corrected chi connectivity index (χ1v) is 4.08. The van der Waals surface area contributed by atoms with E-state index in [9.17, 15) is 4.79 Å². The molecule has 0 aliphatic carbocycles. The van der Waals surface area contributed by atoms with Gasteiger partial charge in [-0.25, -0.2) is 0 Å². The monoisotopic (exact) mass is 158 g/mol. The summed E-state index contributed by atoms with van der Waals surface area (Å²) in [5.41, 5.74) is -0.602. The largest absolute Gasteiger partial charge is 0.368 e. The zero-order valence-electron chi connectivity index (χ0n) is 7.89. The van der Waals surface area contributed by atoms with E-state index in [4.69, 9.17) is 4.74 Å². The third-order valence-corrected chi connectivity index (χ3v) is 1.45. The van der Waals surface area contributed by atoms with Crippen LogP contribution in [0.3, 0.4) is 0 Å². The molecule has 11 heavy (non-hydrogen) atoms. The first kappa shape index (κ1) is 10.6. The van der Waals surface area contributed by atoms with Gasteiger partial charge in [-0.1, -0.05) is 13.8 Å². The van der Waals surface area contributed by atoms with Crippen LogP contribution >= 0.6 is 0 Å². The molecule has 0 rings (SSSR count). The third kappa shape index (κ3) is 6.05. The fourth-order valence-corrected chi connectivity index (χ4v) is 0.592. The summed E-state index contributed by atoms with van der Waals surface area (Å²) in [6.45, 7) is 8.50. The van der Waals surface area contributed by atoms with Crippen molar-refractivity contribution in [3.63, 3.8) is 0 Å². The van der Waals surface area contributed by atoms with Gasteiger partial charge in [-0.15, -0.1) is 0 Å². The van der Waals surface area contributed by atoms with Gasteiger partial charge in [-0.3, -0.25) is 0 Å². The van der Waals surface area contributed by atoms with Gasteiger partial charge in [0.25, 0.3) is 0 Å². The van der Waals surface area contributed by atoms with E-state index in [-0.39, 0.29) is 0 Å². The van der Waals surface area contributed by atoms with E-state index in [1.165, 1.54) is 0 Å². The molecule has 0 radical (unpaired) electrons. The van der Waals surface area contributed by atoms with Crippen LogP contribution < -0.4 is 0 Å². The molecular formula is C9H18O2. The lowest BCUT2D eigenvalue weighted by Crippen LogP contribution is -2.26. The normalized spacial score (nSPS) is 12.1. The lowest BCUT2D eigenvalue weighted by molar-refractivity contribution is -0.127. The van der Waals surface area contributed by atoms with Gasteiger partial charge in [-0.2, -0.15) is 0 Å². The Balaban J connectivity index is 3.45. The van der Waals surface area contributed by atoms with Crippen molar-refractivity contribution in [3.8, 4) is 0 Å². The molecule has 0 bridgehead atoms. The van der Waals surface area contributed by atoms with Crippen molar-refractivity contribution in [1.29, 1.82) is 0 Å². The molecular weight excluding hydrogens is 140 g/mol. The van der Waals surface area contributed by atoms with Crippen LogP contribution in [0.15, 0.2) is 0 Å². The van der Waals surface area contributed by atoms with Crippen molar-refractivity contribution in [1.82, 2.24) is 0 Å². The van der Waals surface area contributed by atoms with Crippen molar-refractivity contribution in [2.75, 3.05) is 6.61 Å². The molecule has 0 heterocycles.